The van der Waals surface area contributed by atoms with Gasteiger partial charge in [0.25, 0.3) is 0 Å². The molecule has 0 amide bonds. The summed E-state index contributed by atoms with van der Waals surface area (Å²) in [5.41, 5.74) is 0.752. The second-order valence-corrected chi connectivity index (χ2v) is 4.03. The lowest BCUT2D eigenvalue weighted by atomic mass is 9.94. The number of hydrogen-bond donors (Lipinski definition) is 1. The minimum atomic E-state index is -0.447. The number of nitriles is 1. The monoisotopic (exact) mass is 202 g/mol. The molecule has 0 fully saturated rings. The molecule has 80 valence electrons. The zero-order valence-electron chi connectivity index (χ0n) is 9.46. The Morgan fingerprint density at radius 2 is 2.00 bits per heavy atom. The van der Waals surface area contributed by atoms with E-state index in [9.17, 15) is 0 Å². The van der Waals surface area contributed by atoms with Crippen molar-refractivity contribution in [1.29, 1.82) is 5.26 Å². The molecule has 1 atom stereocenters. The molecule has 1 N–H and O–H groups in total. The summed E-state index contributed by atoms with van der Waals surface area (Å²) in [6, 6.07) is 12.5. The van der Waals surface area contributed by atoms with Crippen molar-refractivity contribution in [2.45, 2.75) is 32.2 Å². The van der Waals surface area contributed by atoms with E-state index < -0.39 is 5.54 Å². The van der Waals surface area contributed by atoms with Crippen LogP contribution in [0.15, 0.2) is 30.3 Å². The zero-order valence-corrected chi connectivity index (χ0v) is 9.46. The molecule has 0 aliphatic carbocycles. The van der Waals surface area contributed by atoms with Gasteiger partial charge in [-0.2, -0.15) is 5.26 Å². The average molecular weight is 202 g/mol. The van der Waals surface area contributed by atoms with Crippen LogP contribution in [0.2, 0.25) is 0 Å². The molecule has 0 spiro atoms. The SMILES string of the molecule is CCCNC(C)(C#N)Cc1ccccc1. The van der Waals surface area contributed by atoms with Gasteiger partial charge in [-0.3, -0.25) is 5.32 Å². The third-order valence-corrected chi connectivity index (χ3v) is 2.41. The van der Waals surface area contributed by atoms with Crippen molar-refractivity contribution in [3.8, 4) is 6.07 Å². The highest BCUT2D eigenvalue weighted by Gasteiger charge is 2.22. The maximum atomic E-state index is 9.16. The second kappa shape index (κ2) is 5.53. The molecule has 1 unspecified atom stereocenters. The first kappa shape index (κ1) is 11.7. The first-order valence-corrected chi connectivity index (χ1v) is 5.40. The van der Waals surface area contributed by atoms with Crippen molar-refractivity contribution in [3.05, 3.63) is 35.9 Å². The van der Waals surface area contributed by atoms with Gasteiger partial charge in [0.2, 0.25) is 0 Å². The summed E-state index contributed by atoms with van der Waals surface area (Å²) >= 11 is 0. The predicted molar refractivity (Wildman–Crippen MR) is 62.5 cm³/mol. The molecule has 0 bridgehead atoms. The van der Waals surface area contributed by atoms with Gasteiger partial charge in [-0.15, -0.1) is 0 Å². The minimum Gasteiger partial charge on any atom is -0.299 e. The third kappa shape index (κ3) is 3.73. The van der Waals surface area contributed by atoms with Gasteiger partial charge >= 0.3 is 0 Å². The quantitative estimate of drug-likeness (QED) is 0.796. The summed E-state index contributed by atoms with van der Waals surface area (Å²) in [6.45, 7) is 4.94. The summed E-state index contributed by atoms with van der Waals surface area (Å²) < 4.78 is 0. The molecular formula is C13H18N2. The largest absolute Gasteiger partial charge is 0.299 e. The highest BCUT2D eigenvalue weighted by molar-refractivity contribution is 5.21. The first-order chi connectivity index (χ1) is 7.20. The Kier molecular flexibility index (Phi) is 4.33. The minimum absolute atomic E-state index is 0.447. The lowest BCUT2D eigenvalue weighted by Gasteiger charge is -2.23. The van der Waals surface area contributed by atoms with Gasteiger partial charge in [-0.1, -0.05) is 37.3 Å². The summed E-state index contributed by atoms with van der Waals surface area (Å²) in [4.78, 5) is 0. The van der Waals surface area contributed by atoms with Crippen LogP contribution in [0.25, 0.3) is 0 Å². The molecule has 2 nitrogen and oxygen atoms in total. The highest BCUT2D eigenvalue weighted by Crippen LogP contribution is 2.12. The van der Waals surface area contributed by atoms with E-state index in [1.807, 2.05) is 25.1 Å². The van der Waals surface area contributed by atoms with E-state index in [0.717, 1.165) is 19.4 Å². The van der Waals surface area contributed by atoms with Gasteiger partial charge in [-0.05, 0) is 25.5 Å². The number of benzene rings is 1. The zero-order chi connectivity index (χ0) is 11.1. The molecular weight excluding hydrogens is 184 g/mol. The molecule has 1 aromatic rings. The molecule has 0 radical (unpaired) electrons. The first-order valence-electron chi connectivity index (χ1n) is 5.40. The Morgan fingerprint density at radius 1 is 1.33 bits per heavy atom. The molecule has 0 saturated heterocycles. The molecule has 0 aromatic heterocycles. The van der Waals surface area contributed by atoms with Crippen LogP contribution in [0.4, 0.5) is 0 Å². The molecule has 0 aliphatic heterocycles. The van der Waals surface area contributed by atoms with Gasteiger partial charge < -0.3 is 0 Å². The fourth-order valence-electron chi connectivity index (χ4n) is 1.55. The van der Waals surface area contributed by atoms with Crippen LogP contribution < -0.4 is 5.32 Å². The van der Waals surface area contributed by atoms with Crippen molar-refractivity contribution < 1.29 is 0 Å². The Balaban J connectivity index is 2.65. The molecule has 0 saturated carbocycles. The van der Waals surface area contributed by atoms with Gasteiger partial charge in [0, 0.05) is 6.42 Å². The lowest BCUT2D eigenvalue weighted by molar-refractivity contribution is 0.445. The van der Waals surface area contributed by atoms with Gasteiger partial charge in [0.05, 0.1) is 6.07 Å². The summed E-state index contributed by atoms with van der Waals surface area (Å²) in [6.07, 6.45) is 1.80. The van der Waals surface area contributed by atoms with E-state index in [4.69, 9.17) is 5.26 Å². The van der Waals surface area contributed by atoms with Gasteiger partial charge in [0.1, 0.15) is 5.54 Å². The van der Waals surface area contributed by atoms with Crippen LogP contribution in [0.5, 0.6) is 0 Å². The number of hydrogen-bond acceptors (Lipinski definition) is 2. The topological polar surface area (TPSA) is 35.8 Å². The highest BCUT2D eigenvalue weighted by atomic mass is 15.0. The van der Waals surface area contributed by atoms with Crippen LogP contribution in [0.1, 0.15) is 25.8 Å². The van der Waals surface area contributed by atoms with Crippen LogP contribution in [0, 0.1) is 11.3 Å². The molecule has 0 aliphatic rings. The fourth-order valence-corrected chi connectivity index (χ4v) is 1.55. The van der Waals surface area contributed by atoms with Crippen LogP contribution >= 0.6 is 0 Å². The van der Waals surface area contributed by atoms with Gasteiger partial charge in [0.15, 0.2) is 0 Å². The number of nitrogens with zero attached hydrogens (tertiary/aromatic N) is 1. The molecule has 2 heteroatoms. The van der Waals surface area contributed by atoms with Gasteiger partial charge in [-0.25, -0.2) is 0 Å². The fraction of sp³-hybridized carbons (Fsp3) is 0.462. The van der Waals surface area contributed by atoms with E-state index in [2.05, 4.69) is 30.4 Å². The van der Waals surface area contributed by atoms with Crippen molar-refractivity contribution >= 4 is 0 Å². The molecule has 1 rings (SSSR count). The Hall–Kier alpha value is -1.33. The second-order valence-electron chi connectivity index (χ2n) is 4.03. The van der Waals surface area contributed by atoms with E-state index >= 15 is 0 Å². The van der Waals surface area contributed by atoms with E-state index in [1.54, 1.807) is 0 Å². The Labute approximate surface area is 91.9 Å². The molecule has 1 aromatic carbocycles. The summed E-state index contributed by atoms with van der Waals surface area (Å²) in [5, 5.41) is 12.4. The standard InChI is InChI=1S/C13H18N2/c1-3-9-15-13(2,11-14)10-12-7-5-4-6-8-12/h4-8,15H,3,9-10H2,1-2H3. The summed E-state index contributed by atoms with van der Waals surface area (Å²) in [5.74, 6) is 0. The molecule has 0 heterocycles. The maximum absolute atomic E-state index is 9.16. The van der Waals surface area contributed by atoms with Crippen molar-refractivity contribution in [1.82, 2.24) is 5.32 Å². The van der Waals surface area contributed by atoms with Crippen molar-refractivity contribution in [2.75, 3.05) is 6.54 Å². The van der Waals surface area contributed by atoms with Crippen molar-refractivity contribution in [3.63, 3.8) is 0 Å². The predicted octanol–water partition coefficient (Wildman–Crippen LogP) is 2.51. The molecule has 15 heavy (non-hydrogen) atoms. The van der Waals surface area contributed by atoms with Crippen molar-refractivity contribution in [2.24, 2.45) is 0 Å². The van der Waals surface area contributed by atoms with Crippen LogP contribution in [-0.2, 0) is 6.42 Å². The smallest absolute Gasteiger partial charge is 0.107 e. The summed E-state index contributed by atoms with van der Waals surface area (Å²) in [7, 11) is 0. The Bertz CT molecular complexity index is 326. The Morgan fingerprint density at radius 3 is 2.53 bits per heavy atom. The normalized spacial score (nSPS) is 14.2. The number of nitrogens with one attached hydrogen (secondary N) is 1. The third-order valence-electron chi connectivity index (χ3n) is 2.41. The average Bonchev–Trinajstić information content (AvgIpc) is 2.28. The van der Waals surface area contributed by atoms with Crippen LogP contribution in [-0.4, -0.2) is 12.1 Å². The van der Waals surface area contributed by atoms with E-state index in [0.29, 0.717) is 0 Å². The maximum Gasteiger partial charge on any atom is 0.107 e. The van der Waals surface area contributed by atoms with Crippen LogP contribution in [0.3, 0.4) is 0 Å². The number of rotatable bonds is 5. The lowest BCUT2D eigenvalue weighted by Crippen LogP contribution is -2.43. The van der Waals surface area contributed by atoms with E-state index in [1.165, 1.54) is 5.56 Å². The van der Waals surface area contributed by atoms with E-state index in [-0.39, 0.29) is 0 Å².